The zero-order valence-electron chi connectivity index (χ0n) is 28.3. The third-order valence-electron chi connectivity index (χ3n) is 9.94. The van der Waals surface area contributed by atoms with Crippen LogP contribution < -0.4 is 0 Å². The van der Waals surface area contributed by atoms with E-state index in [2.05, 4.69) is 191 Å². The first-order valence-electron chi connectivity index (χ1n) is 17.6. The molecule has 3 heterocycles. The molecule has 52 heavy (non-hydrogen) atoms. The maximum absolute atomic E-state index is 5.44. The molecule has 0 radical (unpaired) electrons. The molecule has 0 saturated carbocycles. The molecule has 0 amide bonds. The van der Waals surface area contributed by atoms with Crippen LogP contribution in [0.3, 0.4) is 0 Å². The lowest BCUT2D eigenvalue weighted by Crippen LogP contribution is -1.97. The van der Waals surface area contributed by atoms with E-state index in [1.807, 2.05) is 12.1 Å². The monoisotopic (exact) mass is 664 g/mol. The van der Waals surface area contributed by atoms with E-state index in [1.165, 1.54) is 10.8 Å². The second-order valence-electron chi connectivity index (χ2n) is 13.1. The Bertz CT molecular complexity index is 2870. The molecule has 0 saturated heterocycles. The van der Waals surface area contributed by atoms with Gasteiger partial charge in [0.05, 0.1) is 22.2 Å². The summed E-state index contributed by atoms with van der Waals surface area (Å²) in [4.78, 5) is 5.03. The first-order chi connectivity index (χ1) is 25.8. The second kappa shape index (κ2) is 12.4. The zero-order valence-corrected chi connectivity index (χ0v) is 28.3. The van der Waals surface area contributed by atoms with Crippen molar-refractivity contribution in [2.24, 2.45) is 0 Å². The minimum absolute atomic E-state index is 0.930. The third-order valence-corrected chi connectivity index (χ3v) is 9.94. The van der Waals surface area contributed by atoms with Crippen LogP contribution in [0, 0.1) is 0 Å². The van der Waals surface area contributed by atoms with Crippen molar-refractivity contribution in [3.05, 3.63) is 194 Å². The highest BCUT2D eigenvalue weighted by Crippen LogP contribution is 2.41. The first kappa shape index (κ1) is 29.8. The number of hydrogen-bond donors (Lipinski definition) is 0. The summed E-state index contributed by atoms with van der Waals surface area (Å²) in [6, 6.07) is 68.4. The standard InChI is InChI=1S/C48H32N4/c1-4-15-34(16-5-1)44-32-38-21-10-11-24-41(38)47-45(35-17-6-2-7-18-35)46(50-52(44)47)39-23-14-22-37(31-39)33-27-29-40(30-28-33)51-43-26-13-12-25-42(43)49-48(51)36-19-8-3-9-20-36/h1-32H. The number of fused-ring (bicyclic) bond motifs is 4. The number of imidazole rings is 1. The summed E-state index contributed by atoms with van der Waals surface area (Å²) >= 11 is 0. The Morgan fingerprint density at radius 3 is 1.81 bits per heavy atom. The quantitative estimate of drug-likeness (QED) is 0.177. The van der Waals surface area contributed by atoms with Crippen LogP contribution in [-0.4, -0.2) is 19.2 Å². The number of para-hydroxylation sites is 2. The predicted octanol–water partition coefficient (Wildman–Crippen LogP) is 12.2. The second-order valence-corrected chi connectivity index (χ2v) is 13.1. The van der Waals surface area contributed by atoms with Crippen molar-refractivity contribution in [1.82, 2.24) is 19.2 Å². The summed E-state index contributed by atoms with van der Waals surface area (Å²) in [6.07, 6.45) is 0. The van der Waals surface area contributed by atoms with Crippen LogP contribution in [0.2, 0.25) is 0 Å². The predicted molar refractivity (Wildman–Crippen MR) is 215 cm³/mol. The molecule has 0 spiro atoms. The molecule has 0 aliphatic carbocycles. The summed E-state index contributed by atoms with van der Waals surface area (Å²) in [5.74, 6) is 0.930. The van der Waals surface area contributed by atoms with Crippen LogP contribution >= 0.6 is 0 Å². The topological polar surface area (TPSA) is 35.1 Å². The first-order valence-corrected chi connectivity index (χ1v) is 17.6. The van der Waals surface area contributed by atoms with Gasteiger partial charge in [0.1, 0.15) is 11.5 Å². The molecule has 0 aliphatic heterocycles. The van der Waals surface area contributed by atoms with E-state index in [-0.39, 0.29) is 0 Å². The van der Waals surface area contributed by atoms with Gasteiger partial charge in [0, 0.05) is 33.3 Å². The molecule has 3 aromatic heterocycles. The average molecular weight is 665 g/mol. The number of rotatable bonds is 6. The van der Waals surface area contributed by atoms with Crippen LogP contribution in [0.1, 0.15) is 0 Å². The Labute approximate surface area is 301 Å². The van der Waals surface area contributed by atoms with E-state index in [0.717, 1.165) is 78.4 Å². The van der Waals surface area contributed by atoms with Gasteiger partial charge in [-0.15, -0.1) is 0 Å². The molecule has 0 bridgehead atoms. The lowest BCUT2D eigenvalue weighted by atomic mass is 9.95. The van der Waals surface area contributed by atoms with Gasteiger partial charge < -0.3 is 0 Å². The molecule has 0 N–H and O–H groups in total. The summed E-state index contributed by atoms with van der Waals surface area (Å²) < 4.78 is 4.40. The SMILES string of the molecule is c1ccc(-c2c(-c3cccc(-c4ccc(-n5c(-c6ccccc6)nc6ccccc65)cc4)c3)nn3c(-c4ccccc4)cc4ccccc4c23)cc1. The van der Waals surface area contributed by atoms with Crippen LogP contribution in [0.15, 0.2) is 194 Å². The van der Waals surface area contributed by atoms with E-state index in [1.54, 1.807) is 0 Å². The molecule has 0 aliphatic rings. The fourth-order valence-corrected chi connectivity index (χ4v) is 7.50. The molecule has 10 rings (SSSR count). The molecule has 244 valence electrons. The lowest BCUT2D eigenvalue weighted by Gasteiger charge is -2.11. The largest absolute Gasteiger partial charge is 0.292 e. The van der Waals surface area contributed by atoms with Crippen LogP contribution in [0.4, 0.5) is 0 Å². The fourth-order valence-electron chi connectivity index (χ4n) is 7.50. The van der Waals surface area contributed by atoms with Gasteiger partial charge in [-0.1, -0.05) is 158 Å². The maximum atomic E-state index is 5.44. The highest BCUT2D eigenvalue weighted by Gasteiger charge is 2.22. The molecule has 0 fully saturated rings. The van der Waals surface area contributed by atoms with E-state index in [4.69, 9.17) is 10.1 Å². The lowest BCUT2D eigenvalue weighted by molar-refractivity contribution is 0.979. The summed E-state index contributed by atoms with van der Waals surface area (Å²) in [5, 5.41) is 7.80. The molecular weight excluding hydrogens is 633 g/mol. The van der Waals surface area contributed by atoms with Crippen molar-refractivity contribution in [2.75, 3.05) is 0 Å². The van der Waals surface area contributed by atoms with Gasteiger partial charge in [-0.25, -0.2) is 9.50 Å². The van der Waals surface area contributed by atoms with Gasteiger partial charge in [-0.05, 0) is 58.5 Å². The smallest absolute Gasteiger partial charge is 0.145 e. The number of pyridine rings is 1. The Hall–Kier alpha value is -7.04. The minimum atomic E-state index is 0.930. The van der Waals surface area contributed by atoms with Crippen molar-refractivity contribution < 1.29 is 0 Å². The van der Waals surface area contributed by atoms with Crippen molar-refractivity contribution >= 4 is 27.3 Å². The Kier molecular flexibility index (Phi) is 7.10. The van der Waals surface area contributed by atoms with E-state index < -0.39 is 0 Å². The summed E-state index contributed by atoms with van der Waals surface area (Å²) in [6.45, 7) is 0. The highest BCUT2D eigenvalue weighted by atomic mass is 15.2. The molecule has 7 aromatic carbocycles. The van der Waals surface area contributed by atoms with Gasteiger partial charge in [0.25, 0.3) is 0 Å². The third kappa shape index (κ3) is 5.00. The molecule has 4 nitrogen and oxygen atoms in total. The van der Waals surface area contributed by atoms with Crippen LogP contribution in [-0.2, 0) is 0 Å². The molecule has 0 atom stereocenters. The molecule has 0 unspecified atom stereocenters. The Morgan fingerprint density at radius 2 is 1.04 bits per heavy atom. The number of aromatic nitrogens is 4. The Morgan fingerprint density at radius 1 is 0.423 bits per heavy atom. The van der Waals surface area contributed by atoms with Gasteiger partial charge in [-0.2, -0.15) is 5.10 Å². The summed E-state index contributed by atoms with van der Waals surface area (Å²) in [7, 11) is 0. The van der Waals surface area contributed by atoms with Gasteiger partial charge >= 0.3 is 0 Å². The molecule has 10 aromatic rings. The number of nitrogens with zero attached hydrogens (tertiary/aromatic N) is 4. The van der Waals surface area contributed by atoms with E-state index >= 15 is 0 Å². The normalized spacial score (nSPS) is 11.5. The maximum Gasteiger partial charge on any atom is 0.145 e. The van der Waals surface area contributed by atoms with Crippen molar-refractivity contribution in [3.63, 3.8) is 0 Å². The van der Waals surface area contributed by atoms with Gasteiger partial charge in [0.2, 0.25) is 0 Å². The highest BCUT2D eigenvalue weighted by molar-refractivity contribution is 6.08. The van der Waals surface area contributed by atoms with Crippen LogP contribution in [0.5, 0.6) is 0 Å². The number of benzene rings is 7. The fraction of sp³-hybridized carbons (Fsp3) is 0. The molecule has 4 heteroatoms. The van der Waals surface area contributed by atoms with E-state index in [9.17, 15) is 0 Å². The van der Waals surface area contributed by atoms with Gasteiger partial charge in [-0.3, -0.25) is 4.57 Å². The zero-order chi connectivity index (χ0) is 34.4. The molecular formula is C48H32N4. The summed E-state index contributed by atoms with van der Waals surface area (Å²) in [5.41, 5.74) is 14.1. The van der Waals surface area contributed by atoms with Crippen molar-refractivity contribution in [3.8, 4) is 61.8 Å². The minimum Gasteiger partial charge on any atom is -0.292 e. The Balaban J connectivity index is 1.13. The van der Waals surface area contributed by atoms with Crippen LogP contribution in [0.25, 0.3) is 89.2 Å². The number of hydrogen-bond acceptors (Lipinski definition) is 2. The average Bonchev–Trinajstić information content (AvgIpc) is 3.82. The van der Waals surface area contributed by atoms with E-state index in [0.29, 0.717) is 0 Å². The van der Waals surface area contributed by atoms with Crippen molar-refractivity contribution in [1.29, 1.82) is 0 Å². The van der Waals surface area contributed by atoms with Gasteiger partial charge in [0.15, 0.2) is 0 Å². The van der Waals surface area contributed by atoms with Crippen molar-refractivity contribution in [2.45, 2.75) is 0 Å².